The van der Waals surface area contributed by atoms with Crippen LogP contribution in [0, 0.1) is 0 Å². The lowest BCUT2D eigenvalue weighted by Gasteiger charge is -2.14. The van der Waals surface area contributed by atoms with Crippen LogP contribution in [0.15, 0.2) is 0 Å². The molecule has 1 N–H and O–H groups in total. The molecule has 0 bridgehead atoms. The molecule has 2 fully saturated rings. The summed E-state index contributed by atoms with van der Waals surface area (Å²) in [4.78, 5) is 0. The van der Waals surface area contributed by atoms with Crippen LogP contribution in [0.4, 0.5) is 0 Å². The van der Waals surface area contributed by atoms with Gasteiger partial charge in [-0.1, -0.05) is 0 Å². The fourth-order valence-electron chi connectivity index (χ4n) is 1.79. The highest BCUT2D eigenvalue weighted by Crippen LogP contribution is 2.13. The van der Waals surface area contributed by atoms with Crippen LogP contribution >= 0.6 is 0 Å². The van der Waals surface area contributed by atoms with E-state index in [0.717, 1.165) is 32.7 Å². The van der Waals surface area contributed by atoms with Gasteiger partial charge < -0.3 is 14.8 Å². The van der Waals surface area contributed by atoms with E-state index in [9.17, 15) is 0 Å². The van der Waals surface area contributed by atoms with Crippen LogP contribution in [0.1, 0.15) is 19.3 Å². The van der Waals surface area contributed by atoms with Crippen molar-refractivity contribution >= 4 is 0 Å². The maximum atomic E-state index is 5.70. The average molecular weight is 171 g/mol. The molecule has 0 aromatic rings. The Bertz CT molecular complexity index is 112. The summed E-state index contributed by atoms with van der Waals surface area (Å²) in [6, 6.07) is 0. The summed E-state index contributed by atoms with van der Waals surface area (Å²) < 4.78 is 11.2. The maximum absolute atomic E-state index is 5.70. The topological polar surface area (TPSA) is 30.5 Å². The largest absolute Gasteiger partial charge is 0.376 e. The van der Waals surface area contributed by atoms with E-state index in [1.54, 1.807) is 0 Å². The van der Waals surface area contributed by atoms with E-state index >= 15 is 0 Å². The lowest BCUT2D eigenvalue weighted by atomic mass is 10.2. The first kappa shape index (κ1) is 8.48. The maximum Gasteiger partial charge on any atom is 0.0809 e. The molecule has 3 heteroatoms. The number of hydrogen-bond acceptors (Lipinski definition) is 3. The minimum absolute atomic E-state index is 0.380. The van der Waals surface area contributed by atoms with Gasteiger partial charge in [-0.15, -0.1) is 0 Å². The molecule has 0 radical (unpaired) electrons. The average Bonchev–Trinajstić information content (AvgIpc) is 2.74. The summed E-state index contributed by atoms with van der Waals surface area (Å²) in [5.74, 6) is 0. The highest BCUT2D eigenvalue weighted by Gasteiger charge is 2.19. The molecule has 2 saturated heterocycles. The highest BCUT2D eigenvalue weighted by molar-refractivity contribution is 4.72. The van der Waals surface area contributed by atoms with E-state index < -0.39 is 0 Å². The molecule has 0 aromatic carbocycles. The molecule has 0 aliphatic carbocycles. The van der Waals surface area contributed by atoms with Crippen molar-refractivity contribution in [2.45, 2.75) is 31.5 Å². The predicted octanol–water partition coefficient (Wildman–Crippen LogP) is 0.544. The van der Waals surface area contributed by atoms with Crippen LogP contribution in [-0.4, -0.2) is 38.5 Å². The molecule has 70 valence electrons. The predicted molar refractivity (Wildman–Crippen MR) is 46.2 cm³/mol. The summed E-state index contributed by atoms with van der Waals surface area (Å²) in [6.07, 6.45) is 4.36. The van der Waals surface area contributed by atoms with Crippen LogP contribution in [-0.2, 0) is 9.47 Å². The molecule has 0 spiro atoms. The molecule has 2 heterocycles. The fourth-order valence-corrected chi connectivity index (χ4v) is 1.79. The SMILES string of the molecule is C1CO[C@H](CO[C@H]2CCNC2)C1. The Balaban J connectivity index is 1.60. The zero-order valence-corrected chi connectivity index (χ0v) is 7.42. The Morgan fingerprint density at radius 3 is 3.08 bits per heavy atom. The molecule has 3 nitrogen and oxygen atoms in total. The van der Waals surface area contributed by atoms with Gasteiger partial charge >= 0.3 is 0 Å². The standard InChI is InChI=1S/C9H17NO2/c1-2-9(11-5-1)7-12-8-3-4-10-6-8/h8-10H,1-7H2/t8-,9-/m0/s1. The summed E-state index contributed by atoms with van der Waals surface area (Å²) >= 11 is 0. The zero-order valence-electron chi connectivity index (χ0n) is 7.42. The van der Waals surface area contributed by atoms with E-state index in [0.29, 0.717) is 12.2 Å². The molecule has 2 atom stereocenters. The summed E-state index contributed by atoms with van der Waals surface area (Å²) in [7, 11) is 0. The third-order valence-corrected chi connectivity index (χ3v) is 2.56. The van der Waals surface area contributed by atoms with E-state index in [1.165, 1.54) is 12.8 Å². The van der Waals surface area contributed by atoms with Crippen LogP contribution in [0.25, 0.3) is 0 Å². The van der Waals surface area contributed by atoms with Crippen molar-refractivity contribution in [3.05, 3.63) is 0 Å². The molecule has 2 aliphatic rings. The molecule has 2 aliphatic heterocycles. The van der Waals surface area contributed by atoms with Crippen molar-refractivity contribution < 1.29 is 9.47 Å². The van der Waals surface area contributed by atoms with Crippen LogP contribution in [0.5, 0.6) is 0 Å². The lowest BCUT2D eigenvalue weighted by Crippen LogP contribution is -2.22. The van der Waals surface area contributed by atoms with E-state index in [2.05, 4.69) is 5.32 Å². The van der Waals surface area contributed by atoms with Crippen LogP contribution in [0.2, 0.25) is 0 Å². The number of nitrogens with one attached hydrogen (secondary N) is 1. The molecule has 0 aromatic heterocycles. The first-order valence-electron chi connectivity index (χ1n) is 4.89. The minimum Gasteiger partial charge on any atom is -0.376 e. The Hall–Kier alpha value is -0.120. The third-order valence-electron chi connectivity index (χ3n) is 2.56. The summed E-state index contributed by atoms with van der Waals surface area (Å²) in [5, 5.41) is 3.28. The van der Waals surface area contributed by atoms with Crippen molar-refractivity contribution in [1.82, 2.24) is 5.32 Å². The first-order chi connectivity index (χ1) is 5.95. The van der Waals surface area contributed by atoms with E-state index in [1.807, 2.05) is 0 Å². The molecule has 2 rings (SSSR count). The van der Waals surface area contributed by atoms with Crippen molar-refractivity contribution in [3.63, 3.8) is 0 Å². The second kappa shape index (κ2) is 4.21. The van der Waals surface area contributed by atoms with Gasteiger partial charge in [0.2, 0.25) is 0 Å². The second-order valence-electron chi connectivity index (χ2n) is 3.58. The summed E-state index contributed by atoms with van der Waals surface area (Å²) in [5.41, 5.74) is 0. The van der Waals surface area contributed by atoms with Crippen molar-refractivity contribution in [3.8, 4) is 0 Å². The Labute approximate surface area is 73.4 Å². The number of hydrogen-bond donors (Lipinski definition) is 1. The highest BCUT2D eigenvalue weighted by atomic mass is 16.5. The smallest absolute Gasteiger partial charge is 0.0809 e. The molecule has 0 unspecified atom stereocenters. The first-order valence-corrected chi connectivity index (χ1v) is 4.89. The Kier molecular flexibility index (Phi) is 2.98. The van der Waals surface area contributed by atoms with Gasteiger partial charge in [0.1, 0.15) is 0 Å². The van der Waals surface area contributed by atoms with Gasteiger partial charge in [0.15, 0.2) is 0 Å². The summed E-state index contributed by atoms with van der Waals surface area (Å²) in [6.45, 7) is 3.85. The second-order valence-corrected chi connectivity index (χ2v) is 3.58. The van der Waals surface area contributed by atoms with Crippen LogP contribution in [0.3, 0.4) is 0 Å². The minimum atomic E-state index is 0.380. The van der Waals surface area contributed by atoms with Gasteiger partial charge in [0.05, 0.1) is 18.8 Å². The van der Waals surface area contributed by atoms with Gasteiger partial charge in [-0.3, -0.25) is 0 Å². The van der Waals surface area contributed by atoms with Crippen molar-refractivity contribution in [1.29, 1.82) is 0 Å². The Morgan fingerprint density at radius 1 is 1.42 bits per heavy atom. The lowest BCUT2D eigenvalue weighted by molar-refractivity contribution is -0.0131. The van der Waals surface area contributed by atoms with Gasteiger partial charge in [-0.2, -0.15) is 0 Å². The molecule has 12 heavy (non-hydrogen) atoms. The number of ether oxygens (including phenoxy) is 2. The van der Waals surface area contributed by atoms with E-state index in [4.69, 9.17) is 9.47 Å². The van der Waals surface area contributed by atoms with Crippen molar-refractivity contribution in [2.24, 2.45) is 0 Å². The van der Waals surface area contributed by atoms with Gasteiger partial charge in [0, 0.05) is 13.2 Å². The third kappa shape index (κ3) is 2.19. The van der Waals surface area contributed by atoms with Gasteiger partial charge in [0.25, 0.3) is 0 Å². The fraction of sp³-hybridized carbons (Fsp3) is 1.00. The molecular weight excluding hydrogens is 154 g/mol. The monoisotopic (exact) mass is 171 g/mol. The number of rotatable bonds is 3. The van der Waals surface area contributed by atoms with Gasteiger partial charge in [-0.05, 0) is 25.8 Å². The zero-order chi connectivity index (χ0) is 8.23. The molecule has 0 amide bonds. The Morgan fingerprint density at radius 2 is 2.42 bits per heavy atom. The van der Waals surface area contributed by atoms with Crippen molar-refractivity contribution in [2.75, 3.05) is 26.3 Å². The van der Waals surface area contributed by atoms with E-state index in [-0.39, 0.29) is 0 Å². The normalized spacial score (nSPS) is 36.0. The quantitative estimate of drug-likeness (QED) is 0.672. The van der Waals surface area contributed by atoms with Gasteiger partial charge in [-0.25, -0.2) is 0 Å². The molecular formula is C9H17NO2. The molecule has 0 saturated carbocycles. The van der Waals surface area contributed by atoms with Crippen LogP contribution < -0.4 is 5.32 Å².